The number of rotatable bonds is 3. The predicted molar refractivity (Wildman–Crippen MR) is 70.4 cm³/mol. The van der Waals surface area contributed by atoms with Crippen molar-refractivity contribution in [2.75, 3.05) is 6.54 Å². The molecule has 0 atom stereocenters. The predicted octanol–water partition coefficient (Wildman–Crippen LogP) is 1.47. The number of carbonyl (C=O) groups is 1. The Balaban J connectivity index is 2.45. The van der Waals surface area contributed by atoms with Gasteiger partial charge in [0, 0.05) is 5.56 Å². The third kappa shape index (κ3) is 4.53. The molecule has 0 bridgehead atoms. The van der Waals surface area contributed by atoms with Gasteiger partial charge < -0.3 is 5.32 Å². The number of hydrogen-bond acceptors (Lipinski definition) is 4. The number of amides is 1. The summed E-state index contributed by atoms with van der Waals surface area (Å²) in [5, 5.41) is 18.1. The number of hydrogen-bond donors (Lipinski definition) is 3. The second-order valence-corrected chi connectivity index (χ2v) is 4.15. The van der Waals surface area contributed by atoms with Crippen LogP contribution in [0.3, 0.4) is 0 Å². The summed E-state index contributed by atoms with van der Waals surface area (Å²) in [6.07, 6.45) is 4.87. The third-order valence-electron chi connectivity index (χ3n) is 1.80. The zero-order valence-corrected chi connectivity index (χ0v) is 9.80. The Morgan fingerprint density at radius 2 is 2.00 bits per heavy atom. The Morgan fingerprint density at radius 1 is 1.35 bits per heavy atom. The minimum absolute atomic E-state index is 0.0446. The van der Waals surface area contributed by atoms with Crippen LogP contribution in [0.25, 0.3) is 0 Å². The minimum Gasteiger partial charge on any atom is -0.339 e. The van der Waals surface area contributed by atoms with E-state index in [9.17, 15) is 4.79 Å². The van der Waals surface area contributed by atoms with Crippen molar-refractivity contribution in [2.45, 2.75) is 0 Å². The molecule has 0 spiro atoms. The molecular weight excluding hydrogens is 234 g/mol. The Labute approximate surface area is 104 Å². The summed E-state index contributed by atoms with van der Waals surface area (Å²) >= 11 is 0.988. The Kier molecular flexibility index (Phi) is 4.98. The van der Waals surface area contributed by atoms with E-state index < -0.39 is 5.91 Å². The topological polar surface area (TPSA) is 76.8 Å². The van der Waals surface area contributed by atoms with Crippen LogP contribution in [-0.2, 0) is 4.79 Å². The van der Waals surface area contributed by atoms with Crippen LogP contribution in [0.4, 0.5) is 0 Å². The molecule has 0 heterocycles. The molecule has 1 amide bonds. The molecular formula is C12H11N3OS. The first-order valence-corrected chi connectivity index (χ1v) is 5.59. The first-order valence-electron chi connectivity index (χ1n) is 4.77. The van der Waals surface area contributed by atoms with Gasteiger partial charge in [-0.05, 0) is 5.92 Å². The molecule has 0 saturated carbocycles. The van der Waals surface area contributed by atoms with Crippen molar-refractivity contribution in [1.29, 1.82) is 10.8 Å². The van der Waals surface area contributed by atoms with E-state index in [2.05, 4.69) is 5.32 Å². The summed E-state index contributed by atoms with van der Waals surface area (Å²) in [6.45, 7) is 0.0446. The Morgan fingerprint density at radius 3 is 2.59 bits per heavy atom. The van der Waals surface area contributed by atoms with Crippen LogP contribution < -0.4 is 5.32 Å². The smallest absolute Gasteiger partial charge is 0.295 e. The third-order valence-corrected chi connectivity index (χ3v) is 2.63. The molecule has 1 aromatic rings. The number of terminal acetylenes is 1. The lowest BCUT2D eigenvalue weighted by Gasteiger charge is -2.05. The fourth-order valence-electron chi connectivity index (χ4n) is 1.02. The number of thioether (sulfide) groups is 1. The van der Waals surface area contributed by atoms with E-state index in [-0.39, 0.29) is 16.6 Å². The van der Waals surface area contributed by atoms with Gasteiger partial charge in [0.2, 0.25) is 0 Å². The maximum Gasteiger partial charge on any atom is 0.295 e. The summed E-state index contributed by atoms with van der Waals surface area (Å²) < 4.78 is 0. The van der Waals surface area contributed by atoms with E-state index in [0.29, 0.717) is 0 Å². The first-order chi connectivity index (χ1) is 8.13. The molecule has 86 valence electrons. The molecule has 0 aliphatic carbocycles. The molecule has 0 unspecified atom stereocenters. The average molecular weight is 245 g/mol. The summed E-state index contributed by atoms with van der Waals surface area (Å²) in [6, 6.07) is 9.10. The van der Waals surface area contributed by atoms with Gasteiger partial charge in [-0.1, -0.05) is 42.1 Å². The normalized spacial score (nSPS) is 9.12. The average Bonchev–Trinajstić information content (AvgIpc) is 2.36. The van der Waals surface area contributed by atoms with Crippen molar-refractivity contribution in [1.82, 2.24) is 5.32 Å². The van der Waals surface area contributed by atoms with Gasteiger partial charge in [0.05, 0.1) is 11.6 Å². The van der Waals surface area contributed by atoms with Crippen molar-refractivity contribution < 1.29 is 4.79 Å². The highest BCUT2D eigenvalue weighted by Crippen LogP contribution is 2.12. The fourth-order valence-corrected chi connectivity index (χ4v) is 1.66. The molecule has 4 nitrogen and oxygen atoms in total. The van der Waals surface area contributed by atoms with Crippen molar-refractivity contribution in [3.8, 4) is 12.3 Å². The van der Waals surface area contributed by atoms with Gasteiger partial charge in [0.25, 0.3) is 5.91 Å². The quantitative estimate of drug-likeness (QED) is 0.428. The summed E-state index contributed by atoms with van der Waals surface area (Å²) in [4.78, 5) is 10.8. The minimum atomic E-state index is -0.554. The molecule has 0 radical (unpaired) electrons. The molecule has 1 aromatic carbocycles. The molecule has 0 fully saturated rings. The maximum atomic E-state index is 10.8. The van der Waals surface area contributed by atoms with Crippen LogP contribution in [0.2, 0.25) is 0 Å². The molecule has 1 rings (SSSR count). The van der Waals surface area contributed by atoms with Gasteiger partial charge >= 0.3 is 0 Å². The van der Waals surface area contributed by atoms with Crippen LogP contribution in [0, 0.1) is 23.2 Å². The molecule has 0 aromatic heterocycles. The van der Waals surface area contributed by atoms with Gasteiger partial charge in [-0.25, -0.2) is 0 Å². The molecule has 0 saturated heterocycles. The highest BCUT2D eigenvalue weighted by molar-refractivity contribution is 8.26. The molecule has 17 heavy (non-hydrogen) atoms. The SMILES string of the molecule is C#CC(=O)NCC(=N)SC(=N)c1ccccc1. The second-order valence-electron chi connectivity index (χ2n) is 3.05. The van der Waals surface area contributed by atoms with Gasteiger partial charge in [0.15, 0.2) is 0 Å². The van der Waals surface area contributed by atoms with Gasteiger partial charge in [-0.2, -0.15) is 0 Å². The van der Waals surface area contributed by atoms with E-state index in [1.807, 2.05) is 24.1 Å². The summed E-state index contributed by atoms with van der Waals surface area (Å²) in [5.74, 6) is 1.34. The van der Waals surface area contributed by atoms with E-state index in [4.69, 9.17) is 17.2 Å². The monoisotopic (exact) mass is 245 g/mol. The van der Waals surface area contributed by atoms with Crippen LogP contribution in [0.1, 0.15) is 5.56 Å². The van der Waals surface area contributed by atoms with E-state index in [1.165, 1.54) is 0 Å². The second kappa shape index (κ2) is 6.51. The summed E-state index contributed by atoms with van der Waals surface area (Å²) in [5.41, 5.74) is 0.741. The lowest BCUT2D eigenvalue weighted by molar-refractivity contribution is -0.115. The van der Waals surface area contributed by atoms with E-state index >= 15 is 0 Å². The van der Waals surface area contributed by atoms with Crippen molar-refractivity contribution >= 4 is 27.8 Å². The lowest BCUT2D eigenvalue weighted by Crippen LogP contribution is -2.27. The highest BCUT2D eigenvalue weighted by Gasteiger charge is 2.06. The van der Waals surface area contributed by atoms with E-state index in [0.717, 1.165) is 17.3 Å². The molecule has 0 aliphatic heterocycles. The Hall–Kier alpha value is -2.06. The number of nitrogens with one attached hydrogen (secondary N) is 3. The fraction of sp³-hybridized carbons (Fsp3) is 0.0833. The largest absolute Gasteiger partial charge is 0.339 e. The zero-order chi connectivity index (χ0) is 12.7. The number of carbonyl (C=O) groups excluding carboxylic acids is 1. The van der Waals surface area contributed by atoms with Gasteiger partial charge in [-0.3, -0.25) is 15.6 Å². The van der Waals surface area contributed by atoms with Crippen LogP contribution in [-0.4, -0.2) is 22.5 Å². The highest BCUT2D eigenvalue weighted by atomic mass is 32.2. The van der Waals surface area contributed by atoms with Gasteiger partial charge in [-0.15, -0.1) is 6.42 Å². The van der Waals surface area contributed by atoms with Crippen LogP contribution in [0.5, 0.6) is 0 Å². The molecule has 0 aliphatic rings. The van der Waals surface area contributed by atoms with Crippen LogP contribution >= 0.6 is 11.8 Å². The van der Waals surface area contributed by atoms with Crippen molar-refractivity contribution in [2.24, 2.45) is 0 Å². The standard InChI is InChI=1S/C12H11N3OS/c1-2-11(16)15-8-10(13)17-12(14)9-6-4-3-5-7-9/h1,3-7,13-14H,8H2,(H,15,16). The summed E-state index contributed by atoms with van der Waals surface area (Å²) in [7, 11) is 0. The number of benzene rings is 1. The Bertz CT molecular complexity index is 476. The lowest BCUT2D eigenvalue weighted by atomic mass is 10.2. The molecule has 3 N–H and O–H groups in total. The van der Waals surface area contributed by atoms with E-state index in [1.54, 1.807) is 12.1 Å². The maximum absolute atomic E-state index is 10.8. The van der Waals surface area contributed by atoms with Crippen molar-refractivity contribution in [3.05, 3.63) is 35.9 Å². The molecule has 5 heteroatoms. The van der Waals surface area contributed by atoms with Crippen molar-refractivity contribution in [3.63, 3.8) is 0 Å². The van der Waals surface area contributed by atoms with Gasteiger partial charge in [0.1, 0.15) is 5.04 Å². The van der Waals surface area contributed by atoms with Crippen LogP contribution in [0.15, 0.2) is 30.3 Å². The zero-order valence-electron chi connectivity index (χ0n) is 8.99. The first kappa shape index (κ1) is 13.0.